The number of rotatable bonds is 2. The topological polar surface area (TPSA) is 34.1 Å². The van der Waals surface area contributed by atoms with Crippen molar-refractivity contribution in [3.05, 3.63) is 35.9 Å². The first-order chi connectivity index (χ1) is 8.01. The van der Waals surface area contributed by atoms with Crippen LogP contribution >= 0.6 is 0 Å². The maximum absolute atomic E-state index is 5.81. The molecule has 3 rings (SSSR count). The van der Waals surface area contributed by atoms with Gasteiger partial charge in [-0.3, -0.25) is 0 Å². The van der Waals surface area contributed by atoms with Crippen LogP contribution < -0.4 is 0 Å². The molecule has 0 aliphatic carbocycles. The number of hydrogen-bond donors (Lipinski definition) is 0. The summed E-state index contributed by atoms with van der Waals surface area (Å²) in [4.78, 5) is 4.60. The van der Waals surface area contributed by atoms with E-state index in [1.54, 1.807) is 0 Å². The molecule has 1 saturated heterocycles. The molecule has 0 spiro atoms. The van der Waals surface area contributed by atoms with E-state index in [2.05, 4.69) is 31.0 Å². The Hall–Kier alpha value is -1.35. The van der Waals surface area contributed by atoms with E-state index >= 15 is 0 Å². The van der Waals surface area contributed by atoms with E-state index in [0.717, 1.165) is 5.90 Å². The molecule has 1 aromatic carbocycles. The zero-order chi connectivity index (χ0) is 12.1. The van der Waals surface area contributed by atoms with E-state index in [1.807, 2.05) is 25.1 Å². The first kappa shape index (κ1) is 10.8. The quantitative estimate of drug-likeness (QED) is 0.733. The summed E-state index contributed by atoms with van der Waals surface area (Å²) in [5, 5.41) is 0. The van der Waals surface area contributed by atoms with Crippen LogP contribution in [0.4, 0.5) is 0 Å². The van der Waals surface area contributed by atoms with Gasteiger partial charge >= 0.3 is 0 Å². The number of ether oxygens (including phenoxy) is 2. The summed E-state index contributed by atoms with van der Waals surface area (Å²) in [6.07, 6.45) is 0.0800. The zero-order valence-electron chi connectivity index (χ0n) is 10.4. The Bertz CT molecular complexity index is 466. The molecule has 0 saturated carbocycles. The molecule has 2 aliphatic rings. The van der Waals surface area contributed by atoms with Gasteiger partial charge in [-0.2, -0.15) is 0 Å². The highest BCUT2D eigenvalue weighted by atomic mass is 16.6. The minimum atomic E-state index is -0.366. The van der Waals surface area contributed by atoms with Gasteiger partial charge in [0.2, 0.25) is 5.90 Å². The highest BCUT2D eigenvalue weighted by molar-refractivity contribution is 5.90. The molecule has 2 aliphatic heterocycles. The lowest BCUT2D eigenvalue weighted by atomic mass is 10.0. The smallest absolute Gasteiger partial charge is 0.220 e. The molecule has 17 heavy (non-hydrogen) atoms. The van der Waals surface area contributed by atoms with Gasteiger partial charge in [-0.1, -0.05) is 30.3 Å². The van der Waals surface area contributed by atoms with Crippen molar-refractivity contribution in [1.82, 2.24) is 0 Å². The van der Waals surface area contributed by atoms with Crippen LogP contribution in [0.15, 0.2) is 35.3 Å². The average molecular weight is 231 g/mol. The van der Waals surface area contributed by atoms with E-state index < -0.39 is 0 Å². The fourth-order valence-electron chi connectivity index (χ4n) is 2.23. The largest absolute Gasteiger partial charge is 0.476 e. The van der Waals surface area contributed by atoms with Crippen LogP contribution in [0.5, 0.6) is 0 Å². The van der Waals surface area contributed by atoms with Crippen LogP contribution in [0, 0.1) is 0 Å². The third-order valence-electron chi connectivity index (χ3n) is 3.30. The normalized spacial score (nSPS) is 34.1. The van der Waals surface area contributed by atoms with Gasteiger partial charge in [0, 0.05) is 0 Å². The minimum absolute atomic E-state index is 0.0800. The summed E-state index contributed by atoms with van der Waals surface area (Å²) in [6, 6.07) is 10.2. The van der Waals surface area contributed by atoms with Crippen molar-refractivity contribution in [3.63, 3.8) is 0 Å². The van der Waals surface area contributed by atoms with Crippen LogP contribution in [-0.4, -0.2) is 23.6 Å². The van der Waals surface area contributed by atoms with Crippen LogP contribution in [0.25, 0.3) is 0 Å². The van der Waals surface area contributed by atoms with Crippen LogP contribution in [0.1, 0.15) is 32.4 Å². The molecule has 0 unspecified atom stereocenters. The van der Waals surface area contributed by atoms with Crippen molar-refractivity contribution < 1.29 is 9.47 Å². The molecule has 0 bridgehead atoms. The summed E-state index contributed by atoms with van der Waals surface area (Å²) >= 11 is 0. The Labute approximate surface area is 101 Å². The minimum Gasteiger partial charge on any atom is -0.476 e. The first-order valence-electron chi connectivity index (χ1n) is 5.97. The molecule has 0 radical (unpaired) electrons. The van der Waals surface area contributed by atoms with Gasteiger partial charge < -0.3 is 9.47 Å². The van der Waals surface area contributed by atoms with E-state index in [1.165, 1.54) is 5.56 Å². The molecule has 3 nitrogen and oxygen atoms in total. The fraction of sp³-hybridized carbons (Fsp3) is 0.500. The maximum Gasteiger partial charge on any atom is 0.220 e. The lowest BCUT2D eigenvalue weighted by Crippen LogP contribution is -2.21. The van der Waals surface area contributed by atoms with Crippen LogP contribution in [0.2, 0.25) is 0 Å². The van der Waals surface area contributed by atoms with Gasteiger partial charge in [-0.15, -0.1) is 0 Å². The number of epoxide rings is 1. The number of hydrogen-bond acceptors (Lipinski definition) is 3. The molecule has 1 fully saturated rings. The summed E-state index contributed by atoms with van der Waals surface area (Å²) in [7, 11) is 0. The molecule has 0 amide bonds. The van der Waals surface area contributed by atoms with Crippen molar-refractivity contribution in [1.29, 1.82) is 0 Å². The lowest BCUT2D eigenvalue weighted by molar-refractivity contribution is 0.251. The third-order valence-corrected chi connectivity index (χ3v) is 3.30. The van der Waals surface area contributed by atoms with Crippen LogP contribution in [0.3, 0.4) is 0 Å². The molecule has 3 heteroatoms. The maximum atomic E-state index is 5.81. The van der Waals surface area contributed by atoms with Gasteiger partial charge in [0.15, 0.2) is 5.60 Å². The van der Waals surface area contributed by atoms with Crippen molar-refractivity contribution >= 4 is 5.90 Å². The standard InChI is InChI=1S/C14H17NO2/c1-13(2)9-16-12(15-13)14(3)11(17-14)10-7-5-4-6-8-10/h4-8,11H,9H2,1-3H3/t11-,14+/m0/s1. The first-order valence-corrected chi connectivity index (χ1v) is 5.97. The average Bonchev–Trinajstić information content (AvgIpc) is 2.86. The van der Waals surface area contributed by atoms with E-state index in [0.29, 0.717) is 6.61 Å². The second-order valence-corrected chi connectivity index (χ2v) is 5.53. The van der Waals surface area contributed by atoms with Gasteiger partial charge in [0.05, 0.1) is 5.54 Å². The second kappa shape index (κ2) is 3.33. The molecule has 90 valence electrons. The molecule has 0 N–H and O–H groups in total. The van der Waals surface area contributed by atoms with Gasteiger partial charge in [0.1, 0.15) is 12.7 Å². The number of benzene rings is 1. The Morgan fingerprint density at radius 2 is 1.88 bits per heavy atom. The highest BCUT2D eigenvalue weighted by Gasteiger charge is 2.60. The van der Waals surface area contributed by atoms with Gasteiger partial charge in [-0.25, -0.2) is 4.99 Å². The van der Waals surface area contributed by atoms with E-state index in [-0.39, 0.29) is 17.2 Å². The Morgan fingerprint density at radius 1 is 1.18 bits per heavy atom. The van der Waals surface area contributed by atoms with Crippen LogP contribution in [-0.2, 0) is 9.47 Å². The zero-order valence-corrected chi connectivity index (χ0v) is 10.4. The summed E-state index contributed by atoms with van der Waals surface area (Å²) < 4.78 is 11.5. The van der Waals surface area contributed by atoms with Crippen molar-refractivity contribution in [2.75, 3.05) is 6.61 Å². The monoisotopic (exact) mass is 231 g/mol. The number of aliphatic imine (C=N–C) groups is 1. The molecular weight excluding hydrogens is 214 g/mol. The molecule has 1 aromatic rings. The van der Waals surface area contributed by atoms with E-state index in [4.69, 9.17) is 9.47 Å². The van der Waals surface area contributed by atoms with Crippen molar-refractivity contribution in [2.24, 2.45) is 4.99 Å². The third kappa shape index (κ3) is 1.75. The Balaban J connectivity index is 1.83. The fourth-order valence-corrected chi connectivity index (χ4v) is 2.23. The van der Waals surface area contributed by atoms with Crippen molar-refractivity contribution in [3.8, 4) is 0 Å². The summed E-state index contributed by atoms with van der Waals surface area (Å²) in [6.45, 7) is 6.83. The Kier molecular flexibility index (Phi) is 2.11. The highest BCUT2D eigenvalue weighted by Crippen LogP contribution is 2.51. The molecular formula is C14H17NO2. The lowest BCUT2D eigenvalue weighted by Gasteiger charge is -2.07. The molecule has 0 aromatic heterocycles. The van der Waals surface area contributed by atoms with Gasteiger partial charge in [-0.05, 0) is 26.3 Å². The molecule has 2 atom stereocenters. The Morgan fingerprint density at radius 3 is 2.47 bits per heavy atom. The van der Waals surface area contributed by atoms with Gasteiger partial charge in [0.25, 0.3) is 0 Å². The predicted octanol–water partition coefficient (Wildman–Crippen LogP) is 2.72. The SMILES string of the molecule is CC1(C)COC([C@]2(C)O[C@H]2c2ccccc2)=N1. The number of nitrogens with zero attached hydrogens (tertiary/aromatic N) is 1. The molecule has 2 heterocycles. The summed E-state index contributed by atoms with van der Waals surface area (Å²) in [5.74, 6) is 0.747. The second-order valence-electron chi connectivity index (χ2n) is 5.53. The summed E-state index contributed by atoms with van der Waals surface area (Å²) in [5.41, 5.74) is 0.701. The predicted molar refractivity (Wildman–Crippen MR) is 66.1 cm³/mol. The van der Waals surface area contributed by atoms with E-state index in [9.17, 15) is 0 Å². The van der Waals surface area contributed by atoms with Crippen molar-refractivity contribution in [2.45, 2.75) is 38.0 Å².